The molecular formula is C16H23N3OS. The smallest absolute Gasteiger partial charge is 0.0755 e. The molecule has 1 aromatic carbocycles. The molecule has 1 unspecified atom stereocenters. The molecule has 1 aliphatic heterocycles. The minimum atomic E-state index is -2.16. The number of fused-ring (bicyclic) bond motifs is 3. The number of rotatable bonds is 3. The van der Waals surface area contributed by atoms with Gasteiger partial charge in [-0.2, -0.15) is 0 Å². The normalized spacial score (nSPS) is 22.7. The van der Waals surface area contributed by atoms with E-state index in [-0.39, 0.29) is 0 Å². The van der Waals surface area contributed by atoms with E-state index >= 15 is 0 Å². The van der Waals surface area contributed by atoms with Gasteiger partial charge in [0.05, 0.1) is 14.6 Å². The highest BCUT2D eigenvalue weighted by atomic mass is 32.2. The van der Waals surface area contributed by atoms with Crippen LogP contribution in [0.25, 0.3) is 10.9 Å². The highest BCUT2D eigenvalue weighted by Gasteiger charge is 2.26. The minimum absolute atomic E-state index is 0.476. The van der Waals surface area contributed by atoms with Crippen LogP contribution in [0.15, 0.2) is 33.7 Å². The summed E-state index contributed by atoms with van der Waals surface area (Å²) in [6, 6.07) is 6.77. The third-order valence-electron chi connectivity index (χ3n) is 4.63. The lowest BCUT2D eigenvalue weighted by Gasteiger charge is -2.20. The van der Waals surface area contributed by atoms with Gasteiger partial charge in [-0.15, -0.1) is 0 Å². The molecule has 1 aliphatic rings. The van der Waals surface area contributed by atoms with Gasteiger partial charge in [-0.1, -0.05) is 0 Å². The molecule has 2 atom stereocenters. The zero-order valence-electron chi connectivity index (χ0n) is 13.2. The Morgan fingerprint density at radius 2 is 2.14 bits per heavy atom. The number of aryl methyl sites for hydroxylation is 1. The maximum Gasteiger partial charge on any atom is 0.0755 e. The Morgan fingerprint density at radius 1 is 1.38 bits per heavy atom. The zero-order valence-corrected chi connectivity index (χ0v) is 14.0. The average molecular weight is 305 g/mol. The van der Waals surface area contributed by atoms with Crippen LogP contribution in [-0.2, 0) is 22.7 Å². The standard InChI is InChI=1S/C16H23N3OS/c1-12(18(3)4)11-19-9-7-13-14-8-10-21(20,17-2)16(14)6-5-15(13)19/h5-7,9,12H,8,10-11H2,1-4H3/t12-,21?/m1/s1. The number of hydrogen-bond donors (Lipinski definition) is 0. The number of nitrogens with zero attached hydrogens (tertiary/aromatic N) is 3. The molecule has 0 radical (unpaired) electrons. The summed E-state index contributed by atoms with van der Waals surface area (Å²) in [5.74, 6) is 0.664. The van der Waals surface area contributed by atoms with Gasteiger partial charge in [0.25, 0.3) is 0 Å². The van der Waals surface area contributed by atoms with Crippen LogP contribution < -0.4 is 0 Å². The predicted molar refractivity (Wildman–Crippen MR) is 88.4 cm³/mol. The summed E-state index contributed by atoms with van der Waals surface area (Å²) in [4.78, 5) is 3.18. The Labute approximate surface area is 126 Å². The third kappa shape index (κ3) is 2.28. The van der Waals surface area contributed by atoms with E-state index in [4.69, 9.17) is 0 Å². The van der Waals surface area contributed by atoms with Crippen molar-refractivity contribution in [3.8, 4) is 0 Å². The number of benzene rings is 1. The molecule has 5 heteroatoms. The number of likely N-dealkylation sites (N-methyl/N-ethyl adjacent to an activating group) is 1. The van der Waals surface area contributed by atoms with Crippen molar-refractivity contribution in [2.75, 3.05) is 26.9 Å². The monoisotopic (exact) mass is 305 g/mol. The molecule has 0 saturated carbocycles. The Morgan fingerprint density at radius 3 is 2.81 bits per heavy atom. The predicted octanol–water partition coefficient (Wildman–Crippen LogP) is 2.60. The Hall–Kier alpha value is -1.33. The zero-order chi connectivity index (χ0) is 15.2. The van der Waals surface area contributed by atoms with Gasteiger partial charge < -0.3 is 9.47 Å². The molecule has 2 heterocycles. The molecule has 0 bridgehead atoms. The van der Waals surface area contributed by atoms with E-state index < -0.39 is 9.73 Å². The van der Waals surface area contributed by atoms with Crippen molar-refractivity contribution in [1.82, 2.24) is 9.47 Å². The lowest BCUT2D eigenvalue weighted by Crippen LogP contribution is -2.28. The van der Waals surface area contributed by atoms with Crippen LogP contribution in [0.1, 0.15) is 12.5 Å². The lowest BCUT2D eigenvalue weighted by molar-refractivity contribution is 0.286. The first kappa shape index (κ1) is 14.6. The van der Waals surface area contributed by atoms with Gasteiger partial charge in [-0.05, 0) is 51.2 Å². The minimum Gasteiger partial charge on any atom is -0.346 e. The van der Waals surface area contributed by atoms with Crippen molar-refractivity contribution in [3.05, 3.63) is 30.0 Å². The van der Waals surface area contributed by atoms with E-state index in [2.05, 4.69) is 53.2 Å². The topological polar surface area (TPSA) is 37.6 Å². The fourth-order valence-electron chi connectivity index (χ4n) is 3.02. The summed E-state index contributed by atoms with van der Waals surface area (Å²) >= 11 is 0. The molecule has 114 valence electrons. The summed E-state index contributed by atoms with van der Waals surface area (Å²) in [5.41, 5.74) is 2.47. The van der Waals surface area contributed by atoms with Crippen LogP contribution in [0, 0.1) is 0 Å². The van der Waals surface area contributed by atoms with E-state index in [0.29, 0.717) is 11.8 Å². The van der Waals surface area contributed by atoms with Gasteiger partial charge in [0.15, 0.2) is 0 Å². The quantitative estimate of drug-likeness (QED) is 0.874. The molecule has 0 amide bonds. The van der Waals surface area contributed by atoms with Crippen LogP contribution in [0.3, 0.4) is 0 Å². The van der Waals surface area contributed by atoms with Crippen LogP contribution in [0.4, 0.5) is 0 Å². The van der Waals surface area contributed by atoms with Crippen LogP contribution in [0.5, 0.6) is 0 Å². The second kappa shape index (κ2) is 5.14. The third-order valence-corrected chi connectivity index (χ3v) is 7.05. The van der Waals surface area contributed by atoms with Crippen molar-refractivity contribution < 1.29 is 4.21 Å². The molecule has 0 fully saturated rings. The summed E-state index contributed by atoms with van der Waals surface area (Å²) in [7, 11) is 3.72. The number of hydrogen-bond acceptors (Lipinski definition) is 3. The van der Waals surface area contributed by atoms with E-state index in [1.165, 1.54) is 16.5 Å². The first-order chi connectivity index (χ1) is 9.96. The summed E-state index contributed by atoms with van der Waals surface area (Å²) in [5, 5.41) is 1.24. The van der Waals surface area contributed by atoms with Crippen LogP contribution >= 0.6 is 0 Å². The summed E-state index contributed by atoms with van der Waals surface area (Å²) in [6.45, 7) is 3.19. The van der Waals surface area contributed by atoms with Crippen molar-refractivity contribution in [2.24, 2.45) is 4.36 Å². The van der Waals surface area contributed by atoms with Crippen molar-refractivity contribution in [1.29, 1.82) is 0 Å². The molecule has 4 nitrogen and oxygen atoms in total. The second-order valence-corrected chi connectivity index (χ2v) is 8.53. The van der Waals surface area contributed by atoms with E-state index in [1.807, 2.05) is 6.07 Å². The molecule has 2 aromatic rings. The molecule has 21 heavy (non-hydrogen) atoms. The molecule has 1 aromatic heterocycles. The van der Waals surface area contributed by atoms with Crippen molar-refractivity contribution in [3.63, 3.8) is 0 Å². The van der Waals surface area contributed by atoms with E-state index in [9.17, 15) is 4.21 Å². The van der Waals surface area contributed by atoms with Gasteiger partial charge in [0, 0.05) is 42.5 Å². The fourth-order valence-corrected chi connectivity index (χ4v) is 4.98. The Balaban J connectivity index is 2.09. The van der Waals surface area contributed by atoms with Gasteiger partial charge in [-0.25, -0.2) is 8.57 Å². The fraction of sp³-hybridized carbons (Fsp3) is 0.500. The van der Waals surface area contributed by atoms with Gasteiger partial charge in [0.1, 0.15) is 0 Å². The van der Waals surface area contributed by atoms with Crippen LogP contribution in [0.2, 0.25) is 0 Å². The van der Waals surface area contributed by atoms with E-state index in [0.717, 1.165) is 17.9 Å². The first-order valence-corrected chi connectivity index (χ1v) is 9.05. The summed E-state index contributed by atoms with van der Waals surface area (Å²) in [6.07, 6.45) is 3.02. The largest absolute Gasteiger partial charge is 0.346 e. The van der Waals surface area contributed by atoms with Gasteiger partial charge >= 0.3 is 0 Å². The molecule has 0 saturated heterocycles. The molecule has 0 aliphatic carbocycles. The Bertz CT molecular complexity index is 797. The second-order valence-electron chi connectivity index (χ2n) is 6.03. The molecule has 0 N–H and O–H groups in total. The highest BCUT2D eigenvalue weighted by molar-refractivity contribution is 7.94. The lowest BCUT2D eigenvalue weighted by atomic mass is 10.1. The van der Waals surface area contributed by atoms with Gasteiger partial charge in [0.2, 0.25) is 0 Å². The maximum absolute atomic E-state index is 12.7. The molecular weight excluding hydrogens is 282 g/mol. The summed E-state index contributed by atoms with van der Waals surface area (Å²) < 4.78 is 19.2. The first-order valence-electron chi connectivity index (χ1n) is 7.36. The molecule has 3 rings (SSSR count). The Kier molecular flexibility index (Phi) is 3.58. The highest BCUT2D eigenvalue weighted by Crippen LogP contribution is 2.34. The van der Waals surface area contributed by atoms with E-state index in [1.54, 1.807) is 7.05 Å². The number of aromatic nitrogens is 1. The SMILES string of the molecule is CN=S1(=O)CCc2c1ccc1c2ccn1C[C@@H](C)N(C)C. The van der Waals surface area contributed by atoms with Gasteiger partial charge in [-0.3, -0.25) is 0 Å². The molecule has 0 spiro atoms. The van der Waals surface area contributed by atoms with Crippen molar-refractivity contribution >= 4 is 20.6 Å². The maximum atomic E-state index is 12.7. The van der Waals surface area contributed by atoms with Crippen LogP contribution in [-0.4, -0.2) is 46.6 Å². The van der Waals surface area contributed by atoms with Crippen molar-refractivity contribution in [2.45, 2.75) is 30.8 Å². The average Bonchev–Trinajstić information content (AvgIpc) is 3.01.